The molecule has 4 rings (SSSR count). The molecule has 2 aromatic carbocycles. The molecule has 0 atom stereocenters. The number of rotatable bonds is 9. The molecule has 0 unspecified atom stereocenters. The highest BCUT2D eigenvalue weighted by Gasteiger charge is 2.11. The molecule has 36 heavy (non-hydrogen) atoms. The van der Waals surface area contributed by atoms with E-state index >= 15 is 0 Å². The smallest absolute Gasteiger partial charge is 0.309 e. The molecule has 1 saturated heterocycles. The number of halogens is 2. The van der Waals surface area contributed by atoms with Crippen LogP contribution in [-0.2, 0) is 19.1 Å². The van der Waals surface area contributed by atoms with Crippen LogP contribution in [0.1, 0.15) is 6.42 Å². The molecule has 0 bridgehead atoms. The number of morpholine rings is 1. The molecule has 1 aliphatic heterocycles. The topological polar surface area (TPSA) is 106 Å². The summed E-state index contributed by atoms with van der Waals surface area (Å²) < 4.78 is 24.0. The Bertz CT molecular complexity index is 1270. The number of carbonyl (C=O) groups excluding carboxylic acids is 2. The zero-order valence-electron chi connectivity index (χ0n) is 19.4. The van der Waals surface area contributed by atoms with Gasteiger partial charge in [-0.15, -0.1) is 0 Å². The van der Waals surface area contributed by atoms with Crippen LogP contribution in [0.15, 0.2) is 54.9 Å². The van der Waals surface area contributed by atoms with Gasteiger partial charge in [-0.25, -0.2) is 14.4 Å². The van der Waals surface area contributed by atoms with Gasteiger partial charge in [0, 0.05) is 36.4 Å². The molecule has 0 spiro atoms. The molecule has 11 heteroatoms. The number of hydrogen-bond donors (Lipinski definition) is 2. The van der Waals surface area contributed by atoms with E-state index in [1.807, 2.05) is 0 Å². The molecule has 1 aromatic heterocycles. The summed E-state index contributed by atoms with van der Waals surface area (Å²) in [6.45, 7) is 4.01. The molecule has 0 radical (unpaired) electrons. The number of fused-ring (bicyclic) bond motifs is 1. The Kier molecular flexibility index (Phi) is 8.77. The van der Waals surface area contributed by atoms with E-state index in [0.29, 0.717) is 54.5 Å². The average molecular weight is 514 g/mol. The van der Waals surface area contributed by atoms with Crippen LogP contribution < -0.4 is 10.6 Å². The predicted molar refractivity (Wildman–Crippen MR) is 135 cm³/mol. The Balaban J connectivity index is 1.31. The molecule has 2 heterocycles. The first-order valence-electron chi connectivity index (χ1n) is 11.4. The molecule has 1 amide bonds. The SMILES string of the molecule is O=C(/C=C/CC(=O)OCCN1CCOCC1)Nc1ccc2ncnc(Nc3ccc(F)c(Cl)c3)c2c1. The summed E-state index contributed by atoms with van der Waals surface area (Å²) in [5.41, 5.74) is 1.71. The lowest BCUT2D eigenvalue weighted by atomic mass is 10.2. The number of benzene rings is 2. The van der Waals surface area contributed by atoms with Crippen LogP contribution in [0.4, 0.5) is 21.6 Å². The van der Waals surface area contributed by atoms with Crippen molar-refractivity contribution in [1.82, 2.24) is 14.9 Å². The van der Waals surface area contributed by atoms with Gasteiger partial charge in [-0.05, 0) is 42.5 Å². The van der Waals surface area contributed by atoms with Gasteiger partial charge >= 0.3 is 5.97 Å². The number of hydrogen-bond acceptors (Lipinski definition) is 8. The molecule has 2 N–H and O–H groups in total. The first-order valence-corrected chi connectivity index (χ1v) is 11.8. The quantitative estimate of drug-likeness (QED) is 0.327. The van der Waals surface area contributed by atoms with Gasteiger partial charge in [-0.2, -0.15) is 0 Å². The van der Waals surface area contributed by atoms with Crippen LogP contribution >= 0.6 is 11.6 Å². The summed E-state index contributed by atoms with van der Waals surface area (Å²) in [5.74, 6) is -0.845. The molecule has 3 aromatic rings. The summed E-state index contributed by atoms with van der Waals surface area (Å²) in [7, 11) is 0. The number of carbonyl (C=O) groups is 2. The van der Waals surface area contributed by atoms with E-state index < -0.39 is 17.7 Å². The van der Waals surface area contributed by atoms with Crippen molar-refractivity contribution >= 4 is 51.6 Å². The Hall–Kier alpha value is -3.60. The fourth-order valence-electron chi connectivity index (χ4n) is 3.56. The summed E-state index contributed by atoms with van der Waals surface area (Å²) in [6, 6.07) is 9.42. The monoisotopic (exact) mass is 513 g/mol. The Morgan fingerprint density at radius 1 is 1.14 bits per heavy atom. The summed E-state index contributed by atoms with van der Waals surface area (Å²) >= 11 is 5.86. The van der Waals surface area contributed by atoms with Gasteiger partial charge in [0.1, 0.15) is 24.6 Å². The van der Waals surface area contributed by atoms with Gasteiger partial charge in [0.25, 0.3) is 0 Å². The molecular formula is C25H25ClFN5O4. The normalized spacial score (nSPS) is 14.2. The number of nitrogens with zero attached hydrogens (tertiary/aromatic N) is 3. The summed E-state index contributed by atoms with van der Waals surface area (Å²) in [5, 5.41) is 6.47. The third kappa shape index (κ3) is 7.20. The number of esters is 1. The largest absolute Gasteiger partial charge is 0.464 e. The fourth-order valence-corrected chi connectivity index (χ4v) is 3.74. The molecule has 1 fully saturated rings. The van der Waals surface area contributed by atoms with E-state index in [-0.39, 0.29) is 11.4 Å². The lowest BCUT2D eigenvalue weighted by Gasteiger charge is -2.26. The van der Waals surface area contributed by atoms with E-state index in [4.69, 9.17) is 21.1 Å². The van der Waals surface area contributed by atoms with E-state index in [1.165, 1.54) is 30.6 Å². The van der Waals surface area contributed by atoms with Gasteiger partial charge in [-0.3, -0.25) is 14.5 Å². The minimum absolute atomic E-state index is 0.00358. The maximum atomic E-state index is 13.5. The highest BCUT2D eigenvalue weighted by molar-refractivity contribution is 6.31. The first kappa shape index (κ1) is 25.5. The standard InChI is InChI=1S/C25H25ClFN5O4/c26-20-15-18(4-6-21(20)27)31-25-19-14-17(5-7-22(19)28-16-29-25)30-23(33)2-1-3-24(34)36-13-10-32-8-11-35-12-9-32/h1-2,4-7,14-16H,3,8-13H2,(H,30,33)(H,28,29,31)/b2-1+. The van der Waals surface area contributed by atoms with Crippen molar-refractivity contribution < 1.29 is 23.5 Å². The maximum Gasteiger partial charge on any atom is 0.309 e. The van der Waals surface area contributed by atoms with Crippen molar-refractivity contribution in [3.05, 3.63) is 65.7 Å². The van der Waals surface area contributed by atoms with Gasteiger partial charge in [-0.1, -0.05) is 17.7 Å². The van der Waals surface area contributed by atoms with Gasteiger partial charge in [0.15, 0.2) is 0 Å². The van der Waals surface area contributed by atoms with E-state index in [2.05, 4.69) is 25.5 Å². The second kappa shape index (κ2) is 12.4. The van der Waals surface area contributed by atoms with Crippen LogP contribution in [-0.4, -0.2) is 66.2 Å². The number of ether oxygens (including phenoxy) is 2. The predicted octanol–water partition coefficient (Wildman–Crippen LogP) is 3.93. The molecular weight excluding hydrogens is 489 g/mol. The Morgan fingerprint density at radius 3 is 2.75 bits per heavy atom. The summed E-state index contributed by atoms with van der Waals surface area (Å²) in [4.78, 5) is 34.9. The maximum absolute atomic E-state index is 13.5. The van der Waals surface area contributed by atoms with Crippen molar-refractivity contribution in [2.75, 3.05) is 50.1 Å². The molecule has 188 valence electrons. The highest BCUT2D eigenvalue weighted by atomic mass is 35.5. The van der Waals surface area contributed by atoms with Gasteiger partial charge < -0.3 is 20.1 Å². The third-order valence-electron chi connectivity index (χ3n) is 5.41. The summed E-state index contributed by atoms with van der Waals surface area (Å²) in [6.07, 6.45) is 4.14. The minimum Gasteiger partial charge on any atom is -0.464 e. The van der Waals surface area contributed by atoms with Crippen LogP contribution in [0.5, 0.6) is 0 Å². The number of amides is 1. The van der Waals surface area contributed by atoms with Gasteiger partial charge in [0.05, 0.1) is 30.2 Å². The number of anilines is 3. The lowest BCUT2D eigenvalue weighted by Crippen LogP contribution is -2.38. The third-order valence-corrected chi connectivity index (χ3v) is 5.70. The second-order valence-corrected chi connectivity index (χ2v) is 8.39. The number of aromatic nitrogens is 2. The molecule has 0 aliphatic carbocycles. The molecule has 9 nitrogen and oxygen atoms in total. The highest BCUT2D eigenvalue weighted by Crippen LogP contribution is 2.27. The first-order chi connectivity index (χ1) is 17.5. The van der Waals surface area contributed by atoms with Crippen LogP contribution in [0, 0.1) is 5.82 Å². The molecule has 1 aliphatic rings. The molecule has 0 saturated carbocycles. The van der Waals surface area contributed by atoms with Crippen molar-refractivity contribution in [3.63, 3.8) is 0 Å². The van der Waals surface area contributed by atoms with Crippen molar-refractivity contribution in [2.24, 2.45) is 0 Å². The van der Waals surface area contributed by atoms with Crippen LogP contribution in [0.2, 0.25) is 5.02 Å². The number of nitrogens with one attached hydrogen (secondary N) is 2. The van der Waals surface area contributed by atoms with Gasteiger partial charge in [0.2, 0.25) is 5.91 Å². The van der Waals surface area contributed by atoms with Crippen LogP contribution in [0.25, 0.3) is 10.9 Å². The average Bonchev–Trinajstić information content (AvgIpc) is 2.87. The van der Waals surface area contributed by atoms with Crippen molar-refractivity contribution in [1.29, 1.82) is 0 Å². The van der Waals surface area contributed by atoms with E-state index in [0.717, 1.165) is 13.1 Å². The Morgan fingerprint density at radius 2 is 1.94 bits per heavy atom. The second-order valence-electron chi connectivity index (χ2n) is 7.98. The zero-order chi connectivity index (χ0) is 25.3. The minimum atomic E-state index is -0.519. The lowest BCUT2D eigenvalue weighted by molar-refractivity contribution is -0.143. The fraction of sp³-hybridized carbons (Fsp3) is 0.280. The van der Waals surface area contributed by atoms with Crippen molar-refractivity contribution in [2.45, 2.75) is 6.42 Å². The van der Waals surface area contributed by atoms with E-state index in [9.17, 15) is 14.0 Å². The van der Waals surface area contributed by atoms with Crippen molar-refractivity contribution in [3.8, 4) is 0 Å². The zero-order valence-corrected chi connectivity index (χ0v) is 20.1. The van der Waals surface area contributed by atoms with E-state index in [1.54, 1.807) is 24.3 Å². The Labute approximate surface area is 212 Å². The van der Waals surface area contributed by atoms with Crippen LogP contribution in [0.3, 0.4) is 0 Å².